The van der Waals surface area contributed by atoms with Crippen molar-refractivity contribution in [3.8, 4) is 5.88 Å². The van der Waals surface area contributed by atoms with Gasteiger partial charge >= 0.3 is 0 Å². The number of pyridine rings is 1. The molecule has 0 aliphatic heterocycles. The number of ether oxygens (including phenoxy) is 1. The number of methoxy groups -OCH3 is 1. The Morgan fingerprint density at radius 1 is 1.33 bits per heavy atom. The van der Waals surface area contributed by atoms with Gasteiger partial charge in [0.05, 0.1) is 18.8 Å². The van der Waals surface area contributed by atoms with Crippen molar-refractivity contribution in [3.05, 3.63) is 46.3 Å². The van der Waals surface area contributed by atoms with E-state index in [1.165, 1.54) is 0 Å². The summed E-state index contributed by atoms with van der Waals surface area (Å²) in [5.41, 5.74) is 7.86. The first-order valence-electron chi connectivity index (χ1n) is 5.41. The zero-order valence-electron chi connectivity index (χ0n) is 9.88. The van der Waals surface area contributed by atoms with Gasteiger partial charge in [0.1, 0.15) is 0 Å². The van der Waals surface area contributed by atoms with E-state index in [2.05, 4.69) is 31.1 Å². The minimum atomic E-state index is -0.209. The van der Waals surface area contributed by atoms with E-state index >= 15 is 0 Å². The molecule has 2 N–H and O–H groups in total. The lowest BCUT2D eigenvalue weighted by Gasteiger charge is -2.10. The maximum absolute atomic E-state index is 6.08. The Morgan fingerprint density at radius 3 is 2.78 bits per heavy atom. The Balaban J connectivity index is 2.09. The highest BCUT2D eigenvalue weighted by Crippen LogP contribution is 2.17. The van der Waals surface area contributed by atoms with Crippen molar-refractivity contribution in [2.75, 3.05) is 7.11 Å². The minimum absolute atomic E-state index is 0.209. The van der Waals surface area contributed by atoms with Crippen molar-refractivity contribution in [1.29, 1.82) is 0 Å². The summed E-state index contributed by atoms with van der Waals surface area (Å²) >= 11 is 3.38. The number of hydrogen-bond acceptors (Lipinski definition) is 5. The third-order valence-corrected chi connectivity index (χ3v) is 2.90. The number of rotatable bonds is 4. The summed E-state index contributed by atoms with van der Waals surface area (Å²) in [6.45, 7) is 0. The van der Waals surface area contributed by atoms with Crippen molar-refractivity contribution < 1.29 is 4.74 Å². The van der Waals surface area contributed by atoms with Crippen LogP contribution in [-0.4, -0.2) is 22.3 Å². The van der Waals surface area contributed by atoms with Crippen LogP contribution < -0.4 is 10.5 Å². The maximum Gasteiger partial charge on any atom is 0.233 e. The fourth-order valence-corrected chi connectivity index (χ4v) is 1.98. The number of aromatic nitrogens is 3. The largest absolute Gasteiger partial charge is 0.480 e. The van der Waals surface area contributed by atoms with E-state index in [9.17, 15) is 0 Å². The molecule has 5 nitrogen and oxygen atoms in total. The second-order valence-corrected chi connectivity index (χ2v) is 4.74. The molecule has 0 bridgehead atoms. The van der Waals surface area contributed by atoms with Crippen molar-refractivity contribution in [2.24, 2.45) is 5.73 Å². The molecule has 0 radical (unpaired) electrons. The minimum Gasteiger partial charge on any atom is -0.480 e. The number of nitrogens with two attached hydrogens (primary N) is 1. The molecule has 0 aliphatic carbocycles. The van der Waals surface area contributed by atoms with Crippen LogP contribution in [0, 0.1) is 0 Å². The fourth-order valence-electron chi connectivity index (χ4n) is 1.56. The smallest absolute Gasteiger partial charge is 0.233 e. The van der Waals surface area contributed by atoms with Gasteiger partial charge in [-0.2, -0.15) is 5.10 Å². The third-order valence-electron chi connectivity index (χ3n) is 2.47. The summed E-state index contributed by atoms with van der Waals surface area (Å²) in [5.74, 6) is 0.482. The topological polar surface area (TPSA) is 73.9 Å². The van der Waals surface area contributed by atoms with Crippen LogP contribution in [0.3, 0.4) is 0 Å². The molecule has 6 heteroatoms. The standard InChI is InChI=1S/C12H13BrN4O/c1-18-12-3-2-11(16-17-12)10(14)5-8-4-9(13)7-15-6-8/h2-4,6-7,10H,5,14H2,1H3. The Hall–Kier alpha value is -1.53. The van der Waals surface area contributed by atoms with E-state index < -0.39 is 0 Å². The summed E-state index contributed by atoms with van der Waals surface area (Å²) < 4.78 is 5.89. The summed E-state index contributed by atoms with van der Waals surface area (Å²) in [4.78, 5) is 4.10. The van der Waals surface area contributed by atoms with Crippen LogP contribution >= 0.6 is 15.9 Å². The summed E-state index contributed by atoms with van der Waals surface area (Å²) in [6, 6.07) is 5.35. The van der Waals surface area contributed by atoms with Crippen molar-refractivity contribution >= 4 is 15.9 Å². The van der Waals surface area contributed by atoms with Crippen molar-refractivity contribution in [3.63, 3.8) is 0 Å². The highest BCUT2D eigenvalue weighted by atomic mass is 79.9. The van der Waals surface area contributed by atoms with E-state index in [0.29, 0.717) is 12.3 Å². The molecule has 0 fully saturated rings. The lowest BCUT2D eigenvalue weighted by molar-refractivity contribution is 0.390. The molecule has 94 valence electrons. The van der Waals surface area contributed by atoms with Crippen LogP contribution in [0.15, 0.2) is 35.1 Å². The predicted octanol–water partition coefficient (Wildman–Crippen LogP) is 1.89. The van der Waals surface area contributed by atoms with E-state index in [1.807, 2.05) is 12.1 Å². The zero-order chi connectivity index (χ0) is 13.0. The van der Waals surface area contributed by atoms with Crippen molar-refractivity contribution in [2.45, 2.75) is 12.5 Å². The highest BCUT2D eigenvalue weighted by molar-refractivity contribution is 9.10. The Morgan fingerprint density at radius 2 is 2.17 bits per heavy atom. The van der Waals surface area contributed by atoms with Crippen LogP contribution in [-0.2, 0) is 6.42 Å². The van der Waals surface area contributed by atoms with Gasteiger partial charge in [-0.1, -0.05) is 0 Å². The van der Waals surface area contributed by atoms with Gasteiger partial charge in [-0.25, -0.2) is 0 Å². The molecule has 0 saturated carbocycles. The molecule has 2 rings (SSSR count). The van der Waals surface area contributed by atoms with Crippen LogP contribution in [0.2, 0.25) is 0 Å². The molecule has 2 heterocycles. The highest BCUT2D eigenvalue weighted by Gasteiger charge is 2.10. The van der Waals surface area contributed by atoms with Crippen LogP contribution in [0.1, 0.15) is 17.3 Å². The normalized spacial score (nSPS) is 12.2. The van der Waals surface area contributed by atoms with E-state index in [-0.39, 0.29) is 6.04 Å². The van der Waals surface area contributed by atoms with Gasteiger partial charge < -0.3 is 10.5 Å². The van der Waals surface area contributed by atoms with E-state index in [4.69, 9.17) is 10.5 Å². The first-order valence-corrected chi connectivity index (χ1v) is 6.21. The quantitative estimate of drug-likeness (QED) is 0.933. The molecular formula is C12H13BrN4O. The second kappa shape index (κ2) is 5.88. The molecule has 1 atom stereocenters. The predicted molar refractivity (Wildman–Crippen MR) is 71.2 cm³/mol. The van der Waals surface area contributed by atoms with Gasteiger partial charge in [-0.05, 0) is 40.0 Å². The molecular weight excluding hydrogens is 296 g/mol. The molecule has 0 amide bonds. The second-order valence-electron chi connectivity index (χ2n) is 3.82. The lowest BCUT2D eigenvalue weighted by Crippen LogP contribution is -2.15. The van der Waals surface area contributed by atoms with Crippen LogP contribution in [0.5, 0.6) is 5.88 Å². The van der Waals surface area contributed by atoms with Gasteiger partial charge in [0, 0.05) is 22.9 Å². The van der Waals surface area contributed by atoms with Gasteiger partial charge in [0.15, 0.2) is 0 Å². The monoisotopic (exact) mass is 308 g/mol. The summed E-state index contributed by atoms with van der Waals surface area (Å²) in [7, 11) is 1.55. The number of halogens is 1. The molecule has 2 aromatic heterocycles. The van der Waals surface area contributed by atoms with Gasteiger partial charge in [-0.15, -0.1) is 5.10 Å². The third kappa shape index (κ3) is 3.24. The lowest BCUT2D eigenvalue weighted by atomic mass is 10.1. The molecule has 2 aromatic rings. The fraction of sp³-hybridized carbons (Fsp3) is 0.250. The first kappa shape index (κ1) is 12.9. The van der Waals surface area contributed by atoms with Crippen LogP contribution in [0.25, 0.3) is 0 Å². The molecule has 0 saturated heterocycles. The van der Waals surface area contributed by atoms with Gasteiger partial charge in [0.25, 0.3) is 0 Å². The first-order chi connectivity index (χ1) is 8.69. The van der Waals surface area contributed by atoms with Gasteiger partial charge in [-0.3, -0.25) is 4.98 Å². The summed E-state index contributed by atoms with van der Waals surface area (Å²) in [5, 5.41) is 7.94. The average molecular weight is 309 g/mol. The van der Waals surface area contributed by atoms with Crippen molar-refractivity contribution in [1.82, 2.24) is 15.2 Å². The summed E-state index contributed by atoms with van der Waals surface area (Å²) in [6.07, 6.45) is 4.19. The van der Waals surface area contributed by atoms with E-state index in [1.54, 1.807) is 25.6 Å². The maximum atomic E-state index is 6.08. The zero-order valence-corrected chi connectivity index (χ0v) is 11.5. The molecule has 0 spiro atoms. The number of nitrogens with zero attached hydrogens (tertiary/aromatic N) is 3. The molecule has 0 aliphatic rings. The average Bonchev–Trinajstić information content (AvgIpc) is 2.39. The molecule has 0 aromatic carbocycles. The molecule has 18 heavy (non-hydrogen) atoms. The van der Waals surface area contributed by atoms with Gasteiger partial charge in [0.2, 0.25) is 5.88 Å². The van der Waals surface area contributed by atoms with Crippen LogP contribution in [0.4, 0.5) is 0 Å². The SMILES string of the molecule is COc1ccc(C(N)Cc2cncc(Br)c2)nn1. The Kier molecular flexibility index (Phi) is 4.22. The molecule has 1 unspecified atom stereocenters. The Bertz CT molecular complexity index is 518. The van der Waals surface area contributed by atoms with E-state index in [0.717, 1.165) is 15.7 Å². The number of hydrogen-bond donors (Lipinski definition) is 1. The Labute approximate surface area is 114 Å².